The van der Waals surface area contributed by atoms with Crippen LogP contribution in [-0.4, -0.2) is 25.7 Å². The fourth-order valence-electron chi connectivity index (χ4n) is 2.01. The van der Waals surface area contributed by atoms with Gasteiger partial charge in [0.2, 0.25) is 0 Å². The molecule has 1 aliphatic rings. The number of carbonyl (C=O) groups excluding carboxylic acids is 1. The second-order valence-corrected chi connectivity index (χ2v) is 6.94. The Kier molecular flexibility index (Phi) is 3.54. The normalized spacial score (nSPS) is 24.4. The predicted molar refractivity (Wildman–Crippen MR) is 66.8 cm³/mol. The van der Waals surface area contributed by atoms with Crippen LogP contribution in [0, 0.1) is 5.92 Å². The molecule has 92 valence electrons. The molecule has 3 nitrogen and oxygen atoms in total. The number of alkyl halides is 1. The first-order valence-electron chi connectivity index (χ1n) is 5.43. The van der Waals surface area contributed by atoms with Crippen molar-refractivity contribution in [3.8, 4) is 0 Å². The van der Waals surface area contributed by atoms with Gasteiger partial charge in [-0.1, -0.05) is 30.3 Å². The third-order valence-corrected chi connectivity index (χ3v) is 5.21. The number of Topliss-reactive ketones (excluding diaryl/α,β-unsaturated/α-hetero) is 1. The van der Waals surface area contributed by atoms with Crippen molar-refractivity contribution >= 4 is 27.2 Å². The van der Waals surface area contributed by atoms with Gasteiger partial charge in [0, 0.05) is 5.92 Å². The molecule has 2 atom stereocenters. The van der Waals surface area contributed by atoms with E-state index in [2.05, 4.69) is 0 Å². The monoisotopic (exact) mass is 272 g/mol. The highest BCUT2D eigenvalue weighted by Crippen LogP contribution is 2.29. The largest absolute Gasteiger partial charge is 0.297 e. The molecule has 1 heterocycles. The molecule has 1 aromatic rings. The summed E-state index contributed by atoms with van der Waals surface area (Å²) in [4.78, 5) is 12.0. The molecule has 17 heavy (non-hydrogen) atoms. The lowest BCUT2D eigenvalue weighted by Crippen LogP contribution is -2.20. The second kappa shape index (κ2) is 4.78. The highest BCUT2D eigenvalue weighted by atomic mass is 35.5. The number of rotatable bonds is 3. The van der Waals surface area contributed by atoms with Gasteiger partial charge in [-0.2, -0.15) is 0 Å². The van der Waals surface area contributed by atoms with Crippen molar-refractivity contribution in [1.82, 2.24) is 0 Å². The summed E-state index contributed by atoms with van der Waals surface area (Å²) in [5.41, 5.74) is 0.725. The molecule has 1 aromatic carbocycles. The molecular formula is C12H13ClO3S. The van der Waals surface area contributed by atoms with E-state index in [0.29, 0.717) is 6.42 Å². The van der Waals surface area contributed by atoms with Crippen LogP contribution in [0.4, 0.5) is 0 Å². The molecule has 5 heteroatoms. The van der Waals surface area contributed by atoms with Crippen LogP contribution in [0.3, 0.4) is 0 Å². The molecule has 0 aromatic heterocycles. The SMILES string of the molecule is O=C(C1CCS(=O)(=O)C1)C(Cl)c1ccccc1. The van der Waals surface area contributed by atoms with Crippen molar-refractivity contribution in [2.45, 2.75) is 11.8 Å². The first-order valence-corrected chi connectivity index (χ1v) is 7.68. The van der Waals surface area contributed by atoms with Gasteiger partial charge < -0.3 is 0 Å². The zero-order chi connectivity index (χ0) is 12.5. The van der Waals surface area contributed by atoms with Gasteiger partial charge in [0.1, 0.15) is 5.38 Å². The number of sulfone groups is 1. The summed E-state index contributed by atoms with van der Waals surface area (Å²) < 4.78 is 22.6. The van der Waals surface area contributed by atoms with Gasteiger partial charge in [-0.3, -0.25) is 4.79 Å². The molecule has 2 unspecified atom stereocenters. The molecule has 0 aliphatic carbocycles. The van der Waals surface area contributed by atoms with E-state index in [4.69, 9.17) is 11.6 Å². The molecular weight excluding hydrogens is 260 g/mol. The first kappa shape index (κ1) is 12.6. The maximum absolute atomic E-state index is 12.0. The van der Waals surface area contributed by atoms with Crippen LogP contribution in [0.1, 0.15) is 17.4 Å². The van der Waals surface area contributed by atoms with Crippen LogP contribution in [0.25, 0.3) is 0 Å². The quantitative estimate of drug-likeness (QED) is 0.791. The summed E-state index contributed by atoms with van der Waals surface area (Å²) in [6, 6.07) is 9.02. The second-order valence-electron chi connectivity index (χ2n) is 4.28. The van der Waals surface area contributed by atoms with E-state index in [-0.39, 0.29) is 17.3 Å². The Morgan fingerprint density at radius 3 is 2.47 bits per heavy atom. The maximum atomic E-state index is 12.0. The summed E-state index contributed by atoms with van der Waals surface area (Å²) >= 11 is 6.09. The van der Waals surface area contributed by atoms with Gasteiger partial charge in [0.15, 0.2) is 15.6 Å². The topological polar surface area (TPSA) is 51.2 Å². The van der Waals surface area contributed by atoms with Crippen molar-refractivity contribution in [3.63, 3.8) is 0 Å². The smallest absolute Gasteiger partial charge is 0.159 e. The van der Waals surface area contributed by atoms with E-state index in [1.54, 1.807) is 12.1 Å². The molecule has 0 N–H and O–H groups in total. The van der Waals surface area contributed by atoms with Crippen LogP contribution in [0.5, 0.6) is 0 Å². The lowest BCUT2D eigenvalue weighted by atomic mass is 9.97. The molecule has 0 saturated carbocycles. The van der Waals surface area contributed by atoms with Crippen molar-refractivity contribution in [1.29, 1.82) is 0 Å². The zero-order valence-corrected chi connectivity index (χ0v) is 10.7. The van der Waals surface area contributed by atoms with E-state index in [1.807, 2.05) is 18.2 Å². The number of hydrogen-bond donors (Lipinski definition) is 0. The molecule has 0 amide bonds. The average molecular weight is 273 g/mol. The zero-order valence-electron chi connectivity index (χ0n) is 9.17. The van der Waals surface area contributed by atoms with E-state index in [9.17, 15) is 13.2 Å². The number of carbonyl (C=O) groups is 1. The molecule has 0 spiro atoms. The first-order chi connectivity index (χ1) is 7.99. The number of ketones is 1. The third kappa shape index (κ3) is 2.87. The van der Waals surface area contributed by atoms with Crippen LogP contribution in [-0.2, 0) is 14.6 Å². The van der Waals surface area contributed by atoms with Crippen LogP contribution >= 0.6 is 11.6 Å². The fraction of sp³-hybridized carbons (Fsp3) is 0.417. The predicted octanol–water partition coefficient (Wildman–Crippen LogP) is 1.97. The summed E-state index contributed by atoms with van der Waals surface area (Å²) in [5, 5.41) is -0.741. The molecule has 2 rings (SSSR count). The van der Waals surface area contributed by atoms with Gasteiger partial charge in [-0.05, 0) is 12.0 Å². The standard InChI is InChI=1S/C12H13ClO3S/c13-11(9-4-2-1-3-5-9)12(14)10-6-7-17(15,16)8-10/h1-5,10-11H,6-8H2. The summed E-state index contributed by atoms with van der Waals surface area (Å²) in [5.74, 6) is -0.578. The molecule has 1 fully saturated rings. The lowest BCUT2D eigenvalue weighted by molar-refractivity contribution is -0.121. The Hall–Kier alpha value is -0.870. The van der Waals surface area contributed by atoms with Crippen molar-refractivity contribution in [2.24, 2.45) is 5.92 Å². The molecule has 0 radical (unpaired) electrons. The van der Waals surface area contributed by atoms with Crippen LogP contribution in [0.15, 0.2) is 30.3 Å². The number of hydrogen-bond acceptors (Lipinski definition) is 3. The number of halogens is 1. The summed E-state index contributed by atoms with van der Waals surface area (Å²) in [6.07, 6.45) is 0.400. The maximum Gasteiger partial charge on any atom is 0.159 e. The Labute approximate surface area is 106 Å². The van der Waals surface area contributed by atoms with Gasteiger partial charge in [0.25, 0.3) is 0 Å². The minimum Gasteiger partial charge on any atom is -0.297 e. The van der Waals surface area contributed by atoms with E-state index in [0.717, 1.165) is 5.56 Å². The van der Waals surface area contributed by atoms with Crippen LogP contribution < -0.4 is 0 Å². The Morgan fingerprint density at radius 1 is 1.29 bits per heavy atom. The van der Waals surface area contributed by atoms with Crippen molar-refractivity contribution in [2.75, 3.05) is 11.5 Å². The third-order valence-electron chi connectivity index (χ3n) is 2.98. The highest BCUT2D eigenvalue weighted by Gasteiger charge is 2.36. The van der Waals surface area contributed by atoms with Crippen molar-refractivity contribution < 1.29 is 13.2 Å². The molecule has 1 saturated heterocycles. The van der Waals surface area contributed by atoms with E-state index < -0.39 is 21.1 Å². The Bertz CT molecular complexity index is 510. The summed E-state index contributed by atoms with van der Waals surface area (Å²) in [6.45, 7) is 0. The minimum absolute atomic E-state index is 0.0537. The highest BCUT2D eigenvalue weighted by molar-refractivity contribution is 7.91. The molecule has 0 bridgehead atoms. The van der Waals surface area contributed by atoms with Crippen LogP contribution in [0.2, 0.25) is 0 Å². The van der Waals surface area contributed by atoms with Gasteiger partial charge in [-0.25, -0.2) is 8.42 Å². The van der Waals surface area contributed by atoms with Gasteiger partial charge >= 0.3 is 0 Å². The lowest BCUT2D eigenvalue weighted by Gasteiger charge is -2.12. The Morgan fingerprint density at radius 2 is 1.94 bits per heavy atom. The minimum atomic E-state index is -3.04. The fourth-order valence-corrected chi connectivity index (χ4v) is 4.09. The molecule has 1 aliphatic heterocycles. The average Bonchev–Trinajstić information content (AvgIpc) is 2.69. The van der Waals surface area contributed by atoms with Crippen molar-refractivity contribution in [3.05, 3.63) is 35.9 Å². The van der Waals surface area contributed by atoms with E-state index >= 15 is 0 Å². The Balaban J connectivity index is 2.12. The van der Waals surface area contributed by atoms with Gasteiger partial charge in [-0.15, -0.1) is 11.6 Å². The van der Waals surface area contributed by atoms with E-state index in [1.165, 1.54) is 0 Å². The number of benzene rings is 1. The summed E-state index contributed by atoms with van der Waals surface area (Å²) in [7, 11) is -3.04. The van der Waals surface area contributed by atoms with Gasteiger partial charge in [0.05, 0.1) is 11.5 Å².